The van der Waals surface area contributed by atoms with E-state index in [0.29, 0.717) is 18.2 Å². The highest BCUT2D eigenvalue weighted by molar-refractivity contribution is 5.62. The average Bonchev–Trinajstić information content (AvgIpc) is 2.31. The van der Waals surface area contributed by atoms with E-state index in [1.165, 1.54) is 18.9 Å². The molecule has 0 aliphatic carbocycles. The number of nitrogen functional groups attached to an aromatic ring is 1. The lowest BCUT2D eigenvalue weighted by molar-refractivity contribution is -0.384. The highest BCUT2D eigenvalue weighted by Crippen LogP contribution is 2.27. The van der Waals surface area contributed by atoms with Gasteiger partial charge >= 0.3 is 0 Å². The maximum Gasteiger partial charge on any atom is 0.292 e. The van der Waals surface area contributed by atoms with E-state index in [0.717, 1.165) is 18.7 Å². The van der Waals surface area contributed by atoms with E-state index in [4.69, 9.17) is 5.73 Å². The van der Waals surface area contributed by atoms with Gasteiger partial charge < -0.3 is 5.73 Å². The number of nitrogens with two attached hydrogens (primary N) is 1. The third-order valence-electron chi connectivity index (χ3n) is 3.51. The smallest absolute Gasteiger partial charge is 0.292 e. The maximum absolute atomic E-state index is 10.8. The Balaban J connectivity index is 2.14. The van der Waals surface area contributed by atoms with Crippen LogP contribution >= 0.6 is 0 Å². The van der Waals surface area contributed by atoms with Gasteiger partial charge in [-0.25, -0.2) is 0 Å². The van der Waals surface area contributed by atoms with Gasteiger partial charge in [0.05, 0.1) is 4.92 Å². The molecule has 1 aromatic rings. The Hall–Kier alpha value is -1.62. The van der Waals surface area contributed by atoms with Crippen LogP contribution in [0.3, 0.4) is 0 Å². The molecule has 1 aromatic carbocycles. The lowest BCUT2D eigenvalue weighted by Gasteiger charge is -2.31. The summed E-state index contributed by atoms with van der Waals surface area (Å²) in [6.07, 6.45) is 2.46. The molecule has 0 amide bonds. The van der Waals surface area contributed by atoms with Crippen molar-refractivity contribution in [2.45, 2.75) is 26.3 Å². The van der Waals surface area contributed by atoms with Crippen LogP contribution in [0.5, 0.6) is 0 Å². The topological polar surface area (TPSA) is 72.4 Å². The van der Waals surface area contributed by atoms with Crippen LogP contribution in [0.25, 0.3) is 0 Å². The van der Waals surface area contributed by atoms with E-state index in [2.05, 4.69) is 11.8 Å². The summed E-state index contributed by atoms with van der Waals surface area (Å²) in [5.74, 6) is 0.693. The van der Waals surface area contributed by atoms with Gasteiger partial charge in [-0.2, -0.15) is 0 Å². The van der Waals surface area contributed by atoms with Crippen LogP contribution < -0.4 is 5.73 Å². The molecule has 1 fully saturated rings. The summed E-state index contributed by atoms with van der Waals surface area (Å²) >= 11 is 0. The van der Waals surface area contributed by atoms with E-state index in [9.17, 15) is 10.1 Å². The van der Waals surface area contributed by atoms with E-state index in [1.807, 2.05) is 6.07 Å². The lowest BCUT2D eigenvalue weighted by Crippen LogP contribution is -2.33. The summed E-state index contributed by atoms with van der Waals surface area (Å²) in [4.78, 5) is 12.7. The molecular formula is C13H19N3O2. The number of para-hydroxylation sites is 1. The first-order valence-corrected chi connectivity index (χ1v) is 6.32. The number of hydrogen-bond donors (Lipinski definition) is 1. The predicted molar refractivity (Wildman–Crippen MR) is 71.2 cm³/mol. The van der Waals surface area contributed by atoms with Gasteiger partial charge in [-0.15, -0.1) is 0 Å². The lowest BCUT2D eigenvalue weighted by atomic mass is 9.99. The Kier molecular flexibility index (Phi) is 3.81. The number of nitro benzene ring substituents is 1. The largest absolute Gasteiger partial charge is 0.393 e. The summed E-state index contributed by atoms with van der Waals surface area (Å²) in [6, 6.07) is 5.04. The molecule has 0 radical (unpaired) electrons. The number of likely N-dealkylation sites (tertiary alicyclic amines) is 1. The van der Waals surface area contributed by atoms with Gasteiger partial charge in [0.15, 0.2) is 0 Å². The Morgan fingerprint density at radius 2 is 2.33 bits per heavy atom. The van der Waals surface area contributed by atoms with E-state index < -0.39 is 4.92 Å². The molecule has 2 rings (SSSR count). The van der Waals surface area contributed by atoms with Crippen molar-refractivity contribution in [3.8, 4) is 0 Å². The number of piperidine rings is 1. The number of benzene rings is 1. The molecule has 1 saturated heterocycles. The molecule has 0 saturated carbocycles. The van der Waals surface area contributed by atoms with Gasteiger partial charge in [-0.3, -0.25) is 15.0 Å². The fourth-order valence-corrected chi connectivity index (χ4v) is 2.57. The fraction of sp³-hybridized carbons (Fsp3) is 0.538. The highest BCUT2D eigenvalue weighted by Gasteiger charge is 2.19. The number of rotatable bonds is 3. The van der Waals surface area contributed by atoms with Crippen molar-refractivity contribution in [3.05, 3.63) is 33.9 Å². The summed E-state index contributed by atoms with van der Waals surface area (Å²) < 4.78 is 0. The summed E-state index contributed by atoms with van der Waals surface area (Å²) in [5, 5.41) is 10.8. The van der Waals surface area contributed by atoms with Crippen LogP contribution in [0.4, 0.5) is 11.4 Å². The van der Waals surface area contributed by atoms with Crippen molar-refractivity contribution in [1.29, 1.82) is 0 Å². The number of anilines is 1. The fourth-order valence-electron chi connectivity index (χ4n) is 2.57. The zero-order chi connectivity index (χ0) is 13.1. The molecule has 5 heteroatoms. The minimum absolute atomic E-state index is 0.0116. The van der Waals surface area contributed by atoms with Crippen molar-refractivity contribution in [3.63, 3.8) is 0 Å². The first-order chi connectivity index (χ1) is 8.58. The van der Waals surface area contributed by atoms with Crippen molar-refractivity contribution < 1.29 is 4.92 Å². The molecule has 18 heavy (non-hydrogen) atoms. The van der Waals surface area contributed by atoms with Gasteiger partial charge in [-0.1, -0.05) is 19.1 Å². The molecule has 1 aliphatic rings. The summed E-state index contributed by atoms with van der Waals surface area (Å²) in [5.41, 5.74) is 7.05. The minimum Gasteiger partial charge on any atom is -0.393 e. The molecule has 0 bridgehead atoms. The predicted octanol–water partition coefficient (Wildman–Crippen LogP) is 2.41. The van der Waals surface area contributed by atoms with E-state index in [1.54, 1.807) is 6.07 Å². The molecule has 5 nitrogen and oxygen atoms in total. The zero-order valence-electron chi connectivity index (χ0n) is 10.6. The van der Waals surface area contributed by atoms with Crippen LogP contribution in [-0.4, -0.2) is 22.9 Å². The Morgan fingerprint density at radius 1 is 1.56 bits per heavy atom. The molecule has 1 atom stereocenters. The Morgan fingerprint density at radius 3 is 3.00 bits per heavy atom. The van der Waals surface area contributed by atoms with Crippen molar-refractivity contribution in [2.75, 3.05) is 18.8 Å². The van der Waals surface area contributed by atoms with Crippen LogP contribution in [0.1, 0.15) is 25.3 Å². The number of nitrogens with zero attached hydrogens (tertiary/aromatic N) is 2. The number of nitro groups is 1. The first-order valence-electron chi connectivity index (χ1n) is 6.32. The number of hydrogen-bond acceptors (Lipinski definition) is 4. The second-order valence-corrected chi connectivity index (χ2v) is 5.09. The molecule has 0 spiro atoms. The standard InChI is InChI=1S/C13H19N3O2/c1-10-4-3-7-15(8-10)9-11-5-2-6-12(13(11)14)16(17)18/h2,5-6,10H,3-4,7-9,14H2,1H3. The van der Waals surface area contributed by atoms with Crippen LogP contribution in [-0.2, 0) is 6.54 Å². The van der Waals surface area contributed by atoms with E-state index >= 15 is 0 Å². The van der Waals surface area contributed by atoms with Crippen LogP contribution in [0.15, 0.2) is 18.2 Å². The van der Waals surface area contributed by atoms with Gasteiger partial charge in [-0.05, 0) is 30.9 Å². The molecule has 2 N–H and O–H groups in total. The monoisotopic (exact) mass is 249 g/mol. The second-order valence-electron chi connectivity index (χ2n) is 5.09. The van der Waals surface area contributed by atoms with Crippen molar-refractivity contribution >= 4 is 11.4 Å². The molecular weight excluding hydrogens is 230 g/mol. The minimum atomic E-state index is -0.419. The van der Waals surface area contributed by atoms with E-state index in [-0.39, 0.29) is 5.69 Å². The molecule has 98 valence electrons. The summed E-state index contributed by atoms with van der Waals surface area (Å²) in [7, 11) is 0. The van der Waals surface area contributed by atoms with Crippen LogP contribution in [0.2, 0.25) is 0 Å². The molecule has 1 unspecified atom stereocenters. The van der Waals surface area contributed by atoms with Gasteiger partial charge in [0, 0.05) is 19.2 Å². The maximum atomic E-state index is 10.8. The Labute approximate surface area is 107 Å². The molecule has 1 aliphatic heterocycles. The molecule has 0 aromatic heterocycles. The highest BCUT2D eigenvalue weighted by atomic mass is 16.6. The third-order valence-corrected chi connectivity index (χ3v) is 3.51. The normalized spacial score (nSPS) is 20.8. The third kappa shape index (κ3) is 2.79. The van der Waals surface area contributed by atoms with Gasteiger partial charge in [0.25, 0.3) is 5.69 Å². The zero-order valence-corrected chi connectivity index (χ0v) is 10.6. The van der Waals surface area contributed by atoms with Crippen molar-refractivity contribution in [1.82, 2.24) is 4.90 Å². The second kappa shape index (κ2) is 5.35. The quantitative estimate of drug-likeness (QED) is 0.507. The average molecular weight is 249 g/mol. The van der Waals surface area contributed by atoms with Gasteiger partial charge in [0.1, 0.15) is 5.69 Å². The Bertz CT molecular complexity index is 448. The first kappa shape index (κ1) is 12.8. The SMILES string of the molecule is CC1CCCN(Cc2cccc([N+](=O)[O-])c2N)C1. The van der Waals surface area contributed by atoms with Crippen LogP contribution in [0, 0.1) is 16.0 Å². The molecule has 1 heterocycles. The van der Waals surface area contributed by atoms with Gasteiger partial charge in [0.2, 0.25) is 0 Å². The summed E-state index contributed by atoms with van der Waals surface area (Å²) in [6.45, 7) is 5.04. The van der Waals surface area contributed by atoms with Crippen molar-refractivity contribution in [2.24, 2.45) is 5.92 Å².